The molecule has 0 aliphatic heterocycles. The van der Waals surface area contributed by atoms with Crippen molar-refractivity contribution in [2.75, 3.05) is 12.3 Å². The molecule has 1 aromatic carbocycles. The van der Waals surface area contributed by atoms with Crippen molar-refractivity contribution in [3.63, 3.8) is 0 Å². The first-order valence-corrected chi connectivity index (χ1v) is 11.3. The van der Waals surface area contributed by atoms with E-state index in [1.165, 1.54) is 36.1 Å². The van der Waals surface area contributed by atoms with Crippen molar-refractivity contribution in [2.24, 2.45) is 23.2 Å². The lowest BCUT2D eigenvalue weighted by molar-refractivity contribution is -0.146. The Bertz CT molecular complexity index is 1000. The van der Waals surface area contributed by atoms with E-state index in [9.17, 15) is 14.4 Å². The zero-order chi connectivity index (χ0) is 21.6. The molecule has 6 nitrogen and oxygen atoms in total. The van der Waals surface area contributed by atoms with Crippen molar-refractivity contribution in [1.29, 1.82) is 5.26 Å². The number of nitrogen functional groups attached to an aromatic ring is 1. The van der Waals surface area contributed by atoms with Crippen LogP contribution in [-0.4, -0.2) is 22.2 Å². The van der Waals surface area contributed by atoms with Crippen LogP contribution in [0.3, 0.4) is 0 Å². The van der Waals surface area contributed by atoms with Gasteiger partial charge in [0.05, 0.1) is 11.4 Å². The summed E-state index contributed by atoms with van der Waals surface area (Å²) >= 11 is 0. The Kier molecular flexibility index (Phi) is 4.96. The number of amides is 1. The Morgan fingerprint density at radius 1 is 1.19 bits per heavy atom. The van der Waals surface area contributed by atoms with Crippen LogP contribution in [0.25, 0.3) is 5.69 Å². The van der Waals surface area contributed by atoms with Crippen LogP contribution in [-0.2, 0) is 11.2 Å². The van der Waals surface area contributed by atoms with Crippen LogP contribution in [0.15, 0.2) is 24.3 Å². The van der Waals surface area contributed by atoms with Crippen LogP contribution < -0.4 is 11.1 Å². The second-order valence-corrected chi connectivity index (χ2v) is 9.76. The SMILES string of the molecule is N#Cc1c(CCCNC(=O)C23CC4CC(CC(C4)C2)C3)nn(-c2ccc(F)cc2)c1N. The summed E-state index contributed by atoms with van der Waals surface area (Å²) in [4.78, 5) is 13.1. The molecule has 4 bridgehead atoms. The molecule has 4 aliphatic carbocycles. The maximum Gasteiger partial charge on any atom is 0.226 e. The van der Waals surface area contributed by atoms with Gasteiger partial charge in [-0.1, -0.05) is 0 Å². The number of hydrogen-bond acceptors (Lipinski definition) is 4. The zero-order valence-corrected chi connectivity index (χ0v) is 17.6. The number of aromatic nitrogens is 2. The molecule has 0 atom stereocenters. The van der Waals surface area contributed by atoms with E-state index in [0.29, 0.717) is 36.3 Å². The summed E-state index contributed by atoms with van der Waals surface area (Å²) in [7, 11) is 0. The highest BCUT2D eigenvalue weighted by Crippen LogP contribution is 2.60. The third-order valence-electron chi connectivity index (χ3n) is 7.57. The highest BCUT2D eigenvalue weighted by atomic mass is 19.1. The molecule has 31 heavy (non-hydrogen) atoms. The van der Waals surface area contributed by atoms with Gasteiger partial charge in [0.1, 0.15) is 23.3 Å². The molecule has 2 aromatic rings. The van der Waals surface area contributed by atoms with Gasteiger partial charge in [0.25, 0.3) is 0 Å². The Hall–Kier alpha value is -2.88. The van der Waals surface area contributed by atoms with E-state index in [1.807, 2.05) is 0 Å². The summed E-state index contributed by atoms with van der Waals surface area (Å²) < 4.78 is 14.7. The second-order valence-electron chi connectivity index (χ2n) is 9.76. The first-order valence-electron chi connectivity index (χ1n) is 11.3. The molecule has 4 fully saturated rings. The summed E-state index contributed by atoms with van der Waals surface area (Å²) in [5.41, 5.74) is 7.54. The van der Waals surface area contributed by atoms with Crippen molar-refractivity contribution in [3.8, 4) is 11.8 Å². The van der Waals surface area contributed by atoms with Gasteiger partial charge in [-0.15, -0.1) is 0 Å². The third-order valence-corrected chi connectivity index (χ3v) is 7.57. The van der Waals surface area contributed by atoms with E-state index >= 15 is 0 Å². The van der Waals surface area contributed by atoms with Crippen LogP contribution >= 0.6 is 0 Å². The molecule has 0 saturated heterocycles. The van der Waals surface area contributed by atoms with Crippen LogP contribution in [0.5, 0.6) is 0 Å². The monoisotopic (exact) mass is 421 g/mol. The van der Waals surface area contributed by atoms with Gasteiger partial charge in [-0.25, -0.2) is 9.07 Å². The number of anilines is 1. The van der Waals surface area contributed by atoms with Gasteiger partial charge < -0.3 is 11.1 Å². The van der Waals surface area contributed by atoms with E-state index in [4.69, 9.17) is 5.73 Å². The third kappa shape index (κ3) is 3.58. The number of nitrogens with one attached hydrogen (secondary N) is 1. The molecule has 0 spiro atoms. The molecule has 4 aliphatic rings. The lowest BCUT2D eigenvalue weighted by Gasteiger charge is -2.55. The summed E-state index contributed by atoms with van der Waals surface area (Å²) in [6.07, 6.45) is 8.37. The summed E-state index contributed by atoms with van der Waals surface area (Å²) in [6.45, 7) is 0.564. The number of hydrogen-bond donors (Lipinski definition) is 2. The highest BCUT2D eigenvalue weighted by molar-refractivity contribution is 5.83. The van der Waals surface area contributed by atoms with Crippen LogP contribution in [0.2, 0.25) is 0 Å². The molecular weight excluding hydrogens is 393 g/mol. The quantitative estimate of drug-likeness (QED) is 0.695. The van der Waals surface area contributed by atoms with Gasteiger partial charge in [-0.05, 0) is 93.4 Å². The number of aryl methyl sites for hydroxylation is 1. The van der Waals surface area contributed by atoms with Gasteiger partial charge >= 0.3 is 0 Å². The molecule has 0 unspecified atom stereocenters. The number of nitriles is 1. The number of carbonyl (C=O) groups is 1. The van der Waals surface area contributed by atoms with Gasteiger partial charge in [-0.2, -0.15) is 10.4 Å². The van der Waals surface area contributed by atoms with Crippen molar-refractivity contribution in [1.82, 2.24) is 15.1 Å². The maximum absolute atomic E-state index is 13.2. The molecule has 1 amide bonds. The predicted molar refractivity (Wildman–Crippen MR) is 115 cm³/mol. The fourth-order valence-corrected chi connectivity index (χ4v) is 6.59. The lowest BCUT2D eigenvalue weighted by atomic mass is 9.49. The Balaban J connectivity index is 1.21. The molecule has 6 rings (SSSR count). The fourth-order valence-electron chi connectivity index (χ4n) is 6.59. The first kappa shape index (κ1) is 20.0. The second kappa shape index (κ2) is 7.67. The molecule has 7 heteroatoms. The number of benzene rings is 1. The Labute approximate surface area is 181 Å². The molecule has 3 N–H and O–H groups in total. The summed E-state index contributed by atoms with van der Waals surface area (Å²) in [5, 5.41) is 17.2. The summed E-state index contributed by atoms with van der Waals surface area (Å²) in [6, 6.07) is 7.96. The predicted octanol–water partition coefficient (Wildman–Crippen LogP) is 3.73. The first-order chi connectivity index (χ1) is 15.0. The number of nitrogens with two attached hydrogens (primary N) is 1. The molecule has 0 radical (unpaired) electrons. The minimum atomic E-state index is -0.343. The average Bonchev–Trinajstić information content (AvgIpc) is 3.06. The van der Waals surface area contributed by atoms with Gasteiger partial charge in [0.2, 0.25) is 5.91 Å². The minimum absolute atomic E-state index is 0.138. The van der Waals surface area contributed by atoms with Crippen molar-refractivity contribution < 1.29 is 9.18 Å². The molecule has 4 saturated carbocycles. The van der Waals surface area contributed by atoms with Crippen molar-refractivity contribution in [2.45, 2.75) is 51.4 Å². The van der Waals surface area contributed by atoms with Gasteiger partial charge in [0, 0.05) is 12.0 Å². The number of carbonyl (C=O) groups excluding carboxylic acids is 1. The highest BCUT2D eigenvalue weighted by Gasteiger charge is 2.54. The van der Waals surface area contributed by atoms with Crippen LogP contribution in [0.1, 0.15) is 56.2 Å². The van der Waals surface area contributed by atoms with E-state index in [1.54, 1.807) is 12.1 Å². The fraction of sp³-hybridized carbons (Fsp3) is 0.542. The number of rotatable bonds is 6. The minimum Gasteiger partial charge on any atom is -0.382 e. The van der Waals surface area contributed by atoms with Crippen molar-refractivity contribution in [3.05, 3.63) is 41.3 Å². The topological polar surface area (TPSA) is 96.7 Å². The molecular formula is C24H28FN5O. The number of halogens is 1. The summed E-state index contributed by atoms with van der Waals surface area (Å²) in [5.74, 6) is 2.37. The molecule has 1 heterocycles. The average molecular weight is 422 g/mol. The smallest absolute Gasteiger partial charge is 0.226 e. The zero-order valence-electron chi connectivity index (χ0n) is 17.6. The Morgan fingerprint density at radius 2 is 1.81 bits per heavy atom. The molecule has 162 valence electrons. The van der Waals surface area contributed by atoms with Crippen LogP contribution in [0, 0.1) is 40.3 Å². The van der Waals surface area contributed by atoms with E-state index in [0.717, 1.165) is 37.0 Å². The number of nitrogens with zero attached hydrogens (tertiary/aromatic N) is 3. The maximum atomic E-state index is 13.2. The lowest BCUT2D eigenvalue weighted by Crippen LogP contribution is -2.53. The largest absolute Gasteiger partial charge is 0.382 e. The normalized spacial score (nSPS) is 28.5. The van der Waals surface area contributed by atoms with E-state index in [2.05, 4.69) is 16.5 Å². The van der Waals surface area contributed by atoms with E-state index in [-0.39, 0.29) is 23.0 Å². The van der Waals surface area contributed by atoms with Gasteiger partial charge in [0.15, 0.2) is 0 Å². The Morgan fingerprint density at radius 3 is 2.39 bits per heavy atom. The van der Waals surface area contributed by atoms with Crippen LogP contribution in [0.4, 0.5) is 10.2 Å². The van der Waals surface area contributed by atoms with Crippen molar-refractivity contribution >= 4 is 11.7 Å². The van der Waals surface area contributed by atoms with Gasteiger partial charge in [-0.3, -0.25) is 4.79 Å². The standard InChI is InChI=1S/C24H28FN5O/c25-18-3-5-19(6-4-18)30-22(27)20(14-26)21(29-30)2-1-7-28-23(31)24-11-15-8-16(12-24)10-17(9-15)13-24/h3-6,15-17H,1-2,7-13,27H2,(H,28,31). The van der Waals surface area contributed by atoms with E-state index < -0.39 is 0 Å². The molecule has 1 aromatic heterocycles.